The number of aryl methyl sites for hydroxylation is 1. The van der Waals surface area contributed by atoms with E-state index in [4.69, 9.17) is 5.73 Å². The number of nitrogens with zero attached hydrogens (tertiary/aromatic N) is 1. The molecule has 1 heterocycles. The van der Waals surface area contributed by atoms with Crippen molar-refractivity contribution in [3.8, 4) is 10.4 Å². The van der Waals surface area contributed by atoms with Crippen LogP contribution in [0.15, 0.2) is 29.8 Å². The second kappa shape index (κ2) is 11.8. The van der Waals surface area contributed by atoms with Gasteiger partial charge in [-0.2, -0.15) is 0 Å². The zero-order valence-corrected chi connectivity index (χ0v) is 22.2. The molecule has 1 aromatic carbocycles. The second-order valence-electron chi connectivity index (χ2n) is 9.70. The molecule has 5 atom stereocenters. The third kappa shape index (κ3) is 6.76. The Morgan fingerprint density at radius 3 is 2.24 bits per heavy atom. The van der Waals surface area contributed by atoms with Gasteiger partial charge in [-0.05, 0) is 43.2 Å². The number of thiazole rings is 1. The molecule has 1 aromatic heterocycles. The molecule has 2 aromatic rings. The third-order valence-corrected chi connectivity index (χ3v) is 7.23. The number of hydrogen-bond donors (Lipinski definition) is 3. The van der Waals surface area contributed by atoms with Crippen LogP contribution in [0.4, 0.5) is 0 Å². The third-order valence-electron chi connectivity index (χ3n) is 6.26. The fourth-order valence-corrected chi connectivity index (χ4v) is 4.99. The molecule has 0 radical (unpaired) electrons. The number of benzene rings is 1. The number of aliphatic hydroxyl groups excluding tert-OH is 1. The molecule has 3 unspecified atom stereocenters. The Bertz CT molecular complexity index is 943. The van der Waals surface area contributed by atoms with Crippen molar-refractivity contribution in [1.82, 2.24) is 10.3 Å². The first kappa shape index (κ1) is 29.5. The van der Waals surface area contributed by atoms with Crippen molar-refractivity contribution in [2.45, 2.75) is 65.6 Å². The summed E-state index contributed by atoms with van der Waals surface area (Å²) in [6.45, 7) is 9.65. The lowest BCUT2D eigenvalue weighted by Crippen LogP contribution is -2.48. The van der Waals surface area contributed by atoms with Crippen LogP contribution in [0.5, 0.6) is 0 Å². The van der Waals surface area contributed by atoms with Crippen LogP contribution >= 0.6 is 36.2 Å². The van der Waals surface area contributed by atoms with E-state index in [0.29, 0.717) is 0 Å². The number of carbonyl (C=O) groups excluding carboxylic acids is 2. The summed E-state index contributed by atoms with van der Waals surface area (Å²) in [6, 6.07) is 7.19. The highest BCUT2D eigenvalue weighted by molar-refractivity contribution is 7.13. The van der Waals surface area contributed by atoms with Crippen molar-refractivity contribution in [2.24, 2.45) is 23.0 Å². The van der Waals surface area contributed by atoms with Crippen LogP contribution in [-0.2, 0) is 9.59 Å². The fourth-order valence-electron chi connectivity index (χ4n) is 4.18. The van der Waals surface area contributed by atoms with Gasteiger partial charge in [-0.15, -0.1) is 36.2 Å². The molecule has 33 heavy (non-hydrogen) atoms. The van der Waals surface area contributed by atoms with E-state index in [1.54, 1.807) is 11.3 Å². The number of halogens is 2. The Kier molecular flexibility index (Phi) is 10.5. The van der Waals surface area contributed by atoms with E-state index >= 15 is 0 Å². The minimum Gasteiger partial charge on any atom is -0.393 e. The lowest BCUT2D eigenvalue weighted by molar-refractivity contribution is -0.134. The SMILES string of the molecule is Cc1ncsc1-c1ccc(C(C)NC(=O)[C@@H]2C[C@@H](O)CC2C(=O)C(N)C(C)(C)C)cc1.Cl.Cl. The molecule has 0 aliphatic heterocycles. The van der Waals surface area contributed by atoms with Crippen molar-refractivity contribution in [1.29, 1.82) is 0 Å². The number of aliphatic hydroxyl groups is 1. The van der Waals surface area contributed by atoms with Crippen molar-refractivity contribution >= 4 is 47.8 Å². The van der Waals surface area contributed by atoms with Gasteiger partial charge in [-0.1, -0.05) is 45.0 Å². The molecule has 0 saturated heterocycles. The normalized spacial score (nSPS) is 22.0. The highest BCUT2D eigenvalue weighted by Crippen LogP contribution is 2.36. The van der Waals surface area contributed by atoms with Gasteiger partial charge in [0.05, 0.1) is 40.2 Å². The molecule has 0 bridgehead atoms. The maximum atomic E-state index is 13.0. The molecular weight excluding hydrogens is 481 g/mol. The van der Waals surface area contributed by atoms with Crippen LogP contribution in [0, 0.1) is 24.2 Å². The van der Waals surface area contributed by atoms with Crippen molar-refractivity contribution < 1.29 is 14.7 Å². The van der Waals surface area contributed by atoms with Crippen LogP contribution in [0.3, 0.4) is 0 Å². The molecule has 9 heteroatoms. The van der Waals surface area contributed by atoms with Crippen molar-refractivity contribution in [3.63, 3.8) is 0 Å². The summed E-state index contributed by atoms with van der Waals surface area (Å²) in [4.78, 5) is 31.4. The molecule has 1 aliphatic rings. The molecule has 184 valence electrons. The van der Waals surface area contributed by atoms with Crippen molar-refractivity contribution in [3.05, 3.63) is 41.0 Å². The Morgan fingerprint density at radius 2 is 1.73 bits per heavy atom. The van der Waals surface area contributed by atoms with E-state index in [1.807, 2.05) is 64.4 Å². The predicted octanol–water partition coefficient (Wildman–Crippen LogP) is 4.47. The molecular formula is C24H35Cl2N3O3S. The van der Waals surface area contributed by atoms with Gasteiger partial charge >= 0.3 is 0 Å². The predicted molar refractivity (Wildman–Crippen MR) is 138 cm³/mol. The Labute approximate surface area is 212 Å². The number of rotatable bonds is 6. The Balaban J connectivity index is 0.00000272. The number of amides is 1. The zero-order chi connectivity index (χ0) is 22.9. The second-order valence-corrected chi connectivity index (χ2v) is 10.6. The number of hydrogen-bond acceptors (Lipinski definition) is 6. The fraction of sp³-hybridized carbons (Fsp3) is 0.542. The number of carbonyl (C=O) groups is 2. The first-order chi connectivity index (χ1) is 14.5. The summed E-state index contributed by atoms with van der Waals surface area (Å²) in [5.74, 6) is -1.45. The largest absolute Gasteiger partial charge is 0.393 e. The van der Waals surface area contributed by atoms with Gasteiger partial charge in [0.15, 0.2) is 5.78 Å². The van der Waals surface area contributed by atoms with E-state index in [0.717, 1.165) is 21.7 Å². The lowest BCUT2D eigenvalue weighted by Gasteiger charge is -2.30. The molecule has 1 fully saturated rings. The summed E-state index contributed by atoms with van der Waals surface area (Å²) in [5.41, 5.74) is 10.7. The topological polar surface area (TPSA) is 105 Å². The van der Waals surface area contributed by atoms with Gasteiger partial charge in [-0.25, -0.2) is 4.98 Å². The number of ketones is 1. The zero-order valence-electron chi connectivity index (χ0n) is 19.7. The highest BCUT2D eigenvalue weighted by Gasteiger charge is 2.45. The average molecular weight is 517 g/mol. The van der Waals surface area contributed by atoms with Gasteiger partial charge in [0.2, 0.25) is 5.91 Å². The van der Waals surface area contributed by atoms with Crippen LogP contribution in [0.2, 0.25) is 0 Å². The minimum atomic E-state index is -0.668. The summed E-state index contributed by atoms with van der Waals surface area (Å²) >= 11 is 1.60. The van der Waals surface area contributed by atoms with Gasteiger partial charge in [-0.3, -0.25) is 9.59 Å². The lowest BCUT2D eigenvalue weighted by atomic mass is 9.78. The smallest absolute Gasteiger partial charge is 0.224 e. The molecule has 3 rings (SSSR count). The summed E-state index contributed by atoms with van der Waals surface area (Å²) in [7, 11) is 0. The van der Waals surface area contributed by atoms with Gasteiger partial charge < -0.3 is 16.2 Å². The molecule has 6 nitrogen and oxygen atoms in total. The maximum Gasteiger partial charge on any atom is 0.224 e. The standard InChI is InChI=1S/C24H33N3O3S.2ClH/c1-13(15-6-8-16(9-7-15)21-14(2)26-12-31-21)27-23(30)19-11-17(28)10-18(19)20(29)22(25)24(3,4)5;;/h6-9,12-13,17-19,22,28H,10-11,25H2,1-5H3,(H,27,30);2*1H/t13?,17-,18?,19+,22?;;/m0../s1. The van der Waals surface area contributed by atoms with Gasteiger partial charge in [0, 0.05) is 5.92 Å². The summed E-state index contributed by atoms with van der Waals surface area (Å²) in [6.07, 6.45) is -0.0815. The number of Topliss-reactive ketones (excluding diaryl/α,β-unsaturated/α-hetero) is 1. The number of aromatic nitrogens is 1. The molecule has 1 amide bonds. The van der Waals surface area contributed by atoms with E-state index < -0.39 is 29.4 Å². The Hall–Kier alpha value is -1.51. The highest BCUT2D eigenvalue weighted by atomic mass is 35.5. The number of nitrogens with two attached hydrogens (primary N) is 1. The van der Waals surface area contributed by atoms with E-state index in [9.17, 15) is 14.7 Å². The first-order valence-corrected chi connectivity index (χ1v) is 11.6. The summed E-state index contributed by atoms with van der Waals surface area (Å²) < 4.78 is 0. The van der Waals surface area contributed by atoms with Crippen LogP contribution in [0.25, 0.3) is 10.4 Å². The molecule has 1 aliphatic carbocycles. The first-order valence-electron chi connectivity index (χ1n) is 10.8. The average Bonchev–Trinajstić information content (AvgIpc) is 3.31. The van der Waals surface area contributed by atoms with Gasteiger partial charge in [0.1, 0.15) is 0 Å². The minimum absolute atomic E-state index is 0. The molecule has 4 N–H and O–H groups in total. The monoisotopic (exact) mass is 515 g/mol. The van der Waals surface area contributed by atoms with Crippen molar-refractivity contribution in [2.75, 3.05) is 0 Å². The number of nitrogens with one attached hydrogen (secondary N) is 1. The van der Waals surface area contributed by atoms with Crippen LogP contribution in [-0.4, -0.2) is 33.9 Å². The van der Waals surface area contributed by atoms with Gasteiger partial charge in [0.25, 0.3) is 0 Å². The summed E-state index contributed by atoms with van der Waals surface area (Å²) in [5, 5.41) is 13.2. The van der Waals surface area contributed by atoms with E-state index in [-0.39, 0.29) is 55.4 Å². The van der Waals surface area contributed by atoms with Crippen LogP contribution in [0.1, 0.15) is 57.8 Å². The molecule has 1 saturated carbocycles. The Morgan fingerprint density at radius 1 is 1.15 bits per heavy atom. The maximum absolute atomic E-state index is 13.0. The quantitative estimate of drug-likeness (QED) is 0.526. The van der Waals surface area contributed by atoms with E-state index in [1.165, 1.54) is 0 Å². The van der Waals surface area contributed by atoms with E-state index in [2.05, 4.69) is 10.3 Å². The molecule has 0 spiro atoms. The van der Waals surface area contributed by atoms with Crippen LogP contribution < -0.4 is 11.1 Å².